The van der Waals surface area contributed by atoms with Gasteiger partial charge >= 0.3 is 0 Å². The number of para-hydroxylation sites is 1. The molecule has 1 aliphatic heterocycles. The molecule has 3 aromatic rings. The van der Waals surface area contributed by atoms with Crippen LogP contribution < -0.4 is 15.5 Å². The first kappa shape index (κ1) is 18.7. The maximum atomic E-state index is 12.7. The molecule has 2 amide bonds. The van der Waals surface area contributed by atoms with E-state index in [1.165, 1.54) is 18.2 Å². The minimum absolute atomic E-state index is 0.135. The van der Waals surface area contributed by atoms with Crippen LogP contribution in [0.2, 0.25) is 0 Å². The van der Waals surface area contributed by atoms with Crippen LogP contribution in [0.25, 0.3) is 0 Å². The Balaban J connectivity index is 1.52. The van der Waals surface area contributed by atoms with Crippen molar-refractivity contribution in [2.24, 2.45) is 0 Å². The van der Waals surface area contributed by atoms with Crippen molar-refractivity contribution in [2.45, 2.75) is 19.8 Å². The fraction of sp³-hybridized carbons (Fsp3) is 0.174. The standard InChI is InChI=1S/C23H22N4O2/c1-16(28)25-19-8-10-20(11-9-19)26-23(29)18-13-21(15-24-14-18)27-12-4-6-17-5-2-3-7-22(17)27/h2-3,5,7-11,13-15H,4,6,12H2,1H3,(H,25,28)(H,26,29). The highest BCUT2D eigenvalue weighted by molar-refractivity contribution is 6.04. The van der Waals surface area contributed by atoms with Crippen LogP contribution >= 0.6 is 0 Å². The first-order chi connectivity index (χ1) is 14.1. The molecular weight excluding hydrogens is 364 g/mol. The molecular formula is C23H22N4O2. The SMILES string of the molecule is CC(=O)Nc1ccc(NC(=O)c2cncc(N3CCCc4ccccc43)c2)cc1. The Labute approximate surface area is 169 Å². The number of aromatic nitrogens is 1. The number of nitrogens with zero attached hydrogens (tertiary/aromatic N) is 2. The lowest BCUT2D eigenvalue weighted by molar-refractivity contribution is -0.114. The zero-order valence-corrected chi connectivity index (χ0v) is 16.2. The van der Waals surface area contributed by atoms with E-state index in [0.717, 1.165) is 25.1 Å². The highest BCUT2D eigenvalue weighted by atomic mass is 16.2. The molecule has 0 atom stereocenters. The van der Waals surface area contributed by atoms with Gasteiger partial charge in [-0.1, -0.05) is 18.2 Å². The van der Waals surface area contributed by atoms with E-state index < -0.39 is 0 Å². The lowest BCUT2D eigenvalue weighted by Crippen LogP contribution is -2.25. The summed E-state index contributed by atoms with van der Waals surface area (Å²) in [7, 11) is 0. The third kappa shape index (κ3) is 4.27. The van der Waals surface area contributed by atoms with Gasteiger partial charge in [-0.25, -0.2) is 0 Å². The van der Waals surface area contributed by atoms with Gasteiger partial charge in [0.05, 0.1) is 17.4 Å². The van der Waals surface area contributed by atoms with Gasteiger partial charge in [-0.3, -0.25) is 14.6 Å². The summed E-state index contributed by atoms with van der Waals surface area (Å²) >= 11 is 0. The van der Waals surface area contributed by atoms with Crippen molar-refractivity contribution in [2.75, 3.05) is 22.1 Å². The molecule has 2 heterocycles. The van der Waals surface area contributed by atoms with Gasteiger partial charge < -0.3 is 15.5 Å². The van der Waals surface area contributed by atoms with Crippen molar-refractivity contribution in [3.63, 3.8) is 0 Å². The highest BCUT2D eigenvalue weighted by Gasteiger charge is 2.19. The molecule has 2 aromatic carbocycles. The number of nitrogens with one attached hydrogen (secondary N) is 2. The van der Waals surface area contributed by atoms with Crippen LogP contribution in [-0.2, 0) is 11.2 Å². The third-order valence-corrected chi connectivity index (χ3v) is 4.87. The number of carbonyl (C=O) groups excluding carboxylic acids is 2. The molecule has 1 aliphatic rings. The molecule has 0 bridgehead atoms. The van der Waals surface area contributed by atoms with Gasteiger partial charge in [0.2, 0.25) is 5.91 Å². The third-order valence-electron chi connectivity index (χ3n) is 4.87. The first-order valence-corrected chi connectivity index (χ1v) is 9.60. The van der Waals surface area contributed by atoms with Crippen LogP contribution in [0, 0.1) is 0 Å². The van der Waals surface area contributed by atoms with Crippen molar-refractivity contribution in [3.8, 4) is 0 Å². The molecule has 0 aliphatic carbocycles. The van der Waals surface area contributed by atoms with E-state index in [2.05, 4.69) is 38.7 Å². The van der Waals surface area contributed by atoms with Crippen molar-refractivity contribution in [3.05, 3.63) is 78.1 Å². The number of hydrogen-bond acceptors (Lipinski definition) is 4. The Hall–Kier alpha value is -3.67. The number of rotatable bonds is 4. The van der Waals surface area contributed by atoms with Crippen molar-refractivity contribution in [1.29, 1.82) is 0 Å². The largest absolute Gasteiger partial charge is 0.340 e. The monoisotopic (exact) mass is 386 g/mol. The number of anilines is 4. The summed E-state index contributed by atoms with van der Waals surface area (Å²) in [5.74, 6) is -0.360. The topological polar surface area (TPSA) is 74.3 Å². The molecule has 0 saturated carbocycles. The lowest BCUT2D eigenvalue weighted by atomic mass is 10.0. The molecule has 0 radical (unpaired) electrons. The average Bonchev–Trinajstić information content (AvgIpc) is 2.74. The lowest BCUT2D eigenvalue weighted by Gasteiger charge is -2.31. The van der Waals surface area contributed by atoms with Crippen molar-refractivity contribution < 1.29 is 9.59 Å². The van der Waals surface area contributed by atoms with E-state index in [-0.39, 0.29) is 11.8 Å². The molecule has 0 spiro atoms. The Bertz CT molecular complexity index is 1050. The van der Waals surface area contributed by atoms with E-state index in [0.29, 0.717) is 16.9 Å². The van der Waals surface area contributed by atoms with Crippen molar-refractivity contribution >= 4 is 34.6 Å². The summed E-state index contributed by atoms with van der Waals surface area (Å²) in [6, 6.07) is 17.2. The predicted octanol–water partition coefficient (Wildman–Crippen LogP) is 4.38. The van der Waals surface area contributed by atoms with Crippen molar-refractivity contribution in [1.82, 2.24) is 4.98 Å². The average molecular weight is 386 g/mol. The minimum Gasteiger partial charge on any atom is -0.340 e. The van der Waals surface area contributed by atoms with Crippen LogP contribution in [0.4, 0.5) is 22.7 Å². The molecule has 0 saturated heterocycles. The number of benzene rings is 2. The Kier molecular flexibility index (Phi) is 5.24. The summed E-state index contributed by atoms with van der Waals surface area (Å²) in [6.07, 6.45) is 5.49. The smallest absolute Gasteiger partial charge is 0.257 e. The second-order valence-corrected chi connectivity index (χ2v) is 7.03. The fourth-order valence-electron chi connectivity index (χ4n) is 3.54. The summed E-state index contributed by atoms with van der Waals surface area (Å²) in [4.78, 5) is 30.3. The van der Waals surface area contributed by atoms with Crippen LogP contribution in [0.3, 0.4) is 0 Å². The first-order valence-electron chi connectivity index (χ1n) is 9.60. The van der Waals surface area contributed by atoms with E-state index in [1.54, 1.807) is 36.7 Å². The quantitative estimate of drug-likeness (QED) is 0.698. The van der Waals surface area contributed by atoms with Gasteiger partial charge in [-0.2, -0.15) is 0 Å². The molecule has 2 N–H and O–H groups in total. The van der Waals surface area contributed by atoms with Crippen LogP contribution in [-0.4, -0.2) is 23.3 Å². The zero-order chi connectivity index (χ0) is 20.2. The number of amides is 2. The predicted molar refractivity (Wildman–Crippen MR) is 115 cm³/mol. The fourth-order valence-corrected chi connectivity index (χ4v) is 3.54. The van der Waals surface area contributed by atoms with E-state index in [9.17, 15) is 9.59 Å². The Morgan fingerprint density at radius 1 is 0.966 bits per heavy atom. The number of hydrogen-bond donors (Lipinski definition) is 2. The van der Waals surface area contributed by atoms with Gasteiger partial charge in [-0.05, 0) is 54.8 Å². The molecule has 6 heteroatoms. The summed E-state index contributed by atoms with van der Waals surface area (Å²) in [5.41, 5.74) is 5.22. The number of fused-ring (bicyclic) bond motifs is 1. The maximum absolute atomic E-state index is 12.7. The van der Waals surface area contributed by atoms with Gasteiger partial charge in [0, 0.05) is 36.7 Å². The summed E-state index contributed by atoms with van der Waals surface area (Å²) in [6.45, 7) is 2.35. The van der Waals surface area contributed by atoms with Gasteiger partial charge in [-0.15, -0.1) is 0 Å². The molecule has 0 fully saturated rings. The number of carbonyl (C=O) groups is 2. The summed E-state index contributed by atoms with van der Waals surface area (Å²) < 4.78 is 0. The summed E-state index contributed by atoms with van der Waals surface area (Å²) in [5, 5.41) is 5.58. The zero-order valence-electron chi connectivity index (χ0n) is 16.2. The van der Waals surface area contributed by atoms with E-state index in [1.807, 2.05) is 12.1 Å². The van der Waals surface area contributed by atoms with Gasteiger partial charge in [0.1, 0.15) is 0 Å². The van der Waals surface area contributed by atoms with Crippen LogP contribution in [0.1, 0.15) is 29.3 Å². The molecule has 1 aromatic heterocycles. The van der Waals surface area contributed by atoms with Gasteiger partial charge in [0.25, 0.3) is 5.91 Å². The van der Waals surface area contributed by atoms with Gasteiger partial charge in [0.15, 0.2) is 0 Å². The second-order valence-electron chi connectivity index (χ2n) is 7.03. The minimum atomic E-state index is -0.225. The van der Waals surface area contributed by atoms with Crippen LogP contribution in [0.15, 0.2) is 67.0 Å². The second kappa shape index (κ2) is 8.14. The number of pyridine rings is 1. The molecule has 0 unspecified atom stereocenters. The van der Waals surface area contributed by atoms with Crippen LogP contribution in [0.5, 0.6) is 0 Å². The molecule has 6 nitrogen and oxygen atoms in total. The molecule has 29 heavy (non-hydrogen) atoms. The Morgan fingerprint density at radius 3 is 2.45 bits per heavy atom. The Morgan fingerprint density at radius 2 is 1.69 bits per heavy atom. The normalized spacial score (nSPS) is 12.8. The number of aryl methyl sites for hydroxylation is 1. The maximum Gasteiger partial charge on any atom is 0.257 e. The molecule has 4 rings (SSSR count). The van der Waals surface area contributed by atoms with E-state index in [4.69, 9.17) is 0 Å². The molecule has 146 valence electrons. The van der Waals surface area contributed by atoms with E-state index >= 15 is 0 Å². The highest BCUT2D eigenvalue weighted by Crippen LogP contribution is 2.33.